The molecule has 1 unspecified atom stereocenters. The lowest BCUT2D eigenvalue weighted by molar-refractivity contribution is -0.127. The average Bonchev–Trinajstić information content (AvgIpc) is 3.10. The van der Waals surface area contributed by atoms with Gasteiger partial charge in [-0.3, -0.25) is 15.0 Å². The van der Waals surface area contributed by atoms with Gasteiger partial charge in [-0.15, -0.1) is 0 Å². The number of hydrogen-bond donors (Lipinski definition) is 1. The van der Waals surface area contributed by atoms with Gasteiger partial charge in [0.1, 0.15) is 5.92 Å². The summed E-state index contributed by atoms with van der Waals surface area (Å²) in [7, 11) is 1.73. The van der Waals surface area contributed by atoms with Crippen LogP contribution in [0.5, 0.6) is 0 Å². The van der Waals surface area contributed by atoms with Gasteiger partial charge in [-0.25, -0.2) is 5.01 Å². The molecule has 2 aromatic rings. The molecule has 1 saturated heterocycles. The Kier molecular flexibility index (Phi) is 8.10. The van der Waals surface area contributed by atoms with E-state index in [0.717, 1.165) is 27.7 Å². The second-order valence-corrected chi connectivity index (χ2v) is 10.7. The summed E-state index contributed by atoms with van der Waals surface area (Å²) < 4.78 is 6.04. The smallest absolute Gasteiger partial charge is 0.330 e. The first-order valence-corrected chi connectivity index (χ1v) is 12.2. The van der Waals surface area contributed by atoms with E-state index in [9.17, 15) is 9.59 Å². The average molecular weight is 483 g/mol. The highest BCUT2D eigenvalue weighted by Crippen LogP contribution is 2.32. The van der Waals surface area contributed by atoms with E-state index in [2.05, 4.69) is 53.2 Å². The van der Waals surface area contributed by atoms with Crippen LogP contribution >= 0.6 is 0 Å². The summed E-state index contributed by atoms with van der Waals surface area (Å²) in [5.74, 6) is -1.41. The van der Waals surface area contributed by atoms with E-state index in [4.69, 9.17) is 4.65 Å². The van der Waals surface area contributed by atoms with Crippen molar-refractivity contribution >= 4 is 42.6 Å². The van der Waals surface area contributed by atoms with Crippen LogP contribution in [0, 0.1) is 18.3 Å². The lowest BCUT2D eigenvalue weighted by Crippen LogP contribution is -2.42. The molecule has 1 N–H and O–H groups in total. The summed E-state index contributed by atoms with van der Waals surface area (Å²) in [6.45, 7) is 20.2. The zero-order valence-electron chi connectivity index (χ0n) is 22.2. The molecule has 0 aromatic heterocycles. The molecule has 1 atom stereocenters. The maximum absolute atomic E-state index is 13.3. The van der Waals surface area contributed by atoms with Crippen LogP contribution in [-0.2, 0) is 20.7 Å². The molecule has 0 bridgehead atoms. The monoisotopic (exact) mass is 483 g/mol. The van der Waals surface area contributed by atoms with Gasteiger partial charge in [0.15, 0.2) is 0 Å². The number of nitrogens with one attached hydrogen (secondary N) is 1. The Bertz CT molecular complexity index is 1190. The van der Waals surface area contributed by atoms with Crippen LogP contribution in [0.3, 0.4) is 0 Å². The Labute approximate surface area is 216 Å². The predicted octanol–water partition coefficient (Wildman–Crippen LogP) is 5.16. The zero-order chi connectivity index (χ0) is 26.7. The van der Waals surface area contributed by atoms with Crippen LogP contribution in [0.4, 0.5) is 5.69 Å². The zero-order valence-corrected chi connectivity index (χ0v) is 22.2. The lowest BCUT2D eigenvalue weighted by atomic mass is 9.76. The molecule has 187 valence electrons. The summed E-state index contributed by atoms with van der Waals surface area (Å²) >= 11 is 0. The molecule has 2 amide bonds. The normalized spacial score (nSPS) is 16.4. The molecular weight excluding hydrogens is 447 g/mol. The van der Waals surface area contributed by atoms with E-state index in [1.165, 1.54) is 5.01 Å². The van der Waals surface area contributed by atoms with Crippen LogP contribution in [-0.4, -0.2) is 24.9 Å². The van der Waals surface area contributed by atoms with Gasteiger partial charge in [0.25, 0.3) is 11.8 Å². The second-order valence-electron chi connectivity index (χ2n) is 10.7. The Hall–Kier alpha value is -3.38. The summed E-state index contributed by atoms with van der Waals surface area (Å²) in [6.07, 6.45) is 7.62. The maximum atomic E-state index is 13.3. The molecule has 3 rings (SSSR count). The van der Waals surface area contributed by atoms with Gasteiger partial charge in [0, 0.05) is 0 Å². The highest BCUT2D eigenvalue weighted by atomic mass is 16.5. The van der Waals surface area contributed by atoms with Gasteiger partial charge < -0.3 is 4.65 Å². The topological polar surface area (TPSA) is 58.6 Å². The van der Waals surface area contributed by atoms with Crippen LogP contribution in [0.2, 0.25) is 0 Å². The summed E-state index contributed by atoms with van der Waals surface area (Å²) in [6, 6.07) is 11.3. The summed E-state index contributed by atoms with van der Waals surface area (Å²) in [5, 5.41) is 1.33. The number of anilines is 1. The number of allylic oxidation sites excluding steroid dienone is 2. The molecule has 1 fully saturated rings. The SMILES string of the molecule is C=C/C=C\c1c(C)ccc(CC2C(=O)NN(c3ccc([B]OC(C)(C)C(C)(C)C)cc3)C2=O)c1C=C. The number of aryl methyl sites for hydroxylation is 1. The van der Waals surface area contributed by atoms with Crippen LogP contribution < -0.4 is 15.9 Å². The van der Waals surface area contributed by atoms with E-state index in [0.29, 0.717) is 12.1 Å². The maximum Gasteiger partial charge on any atom is 0.330 e. The predicted molar refractivity (Wildman–Crippen MR) is 150 cm³/mol. The van der Waals surface area contributed by atoms with Crippen molar-refractivity contribution in [3.63, 3.8) is 0 Å². The van der Waals surface area contributed by atoms with Gasteiger partial charge in [0.05, 0.1) is 11.3 Å². The molecule has 36 heavy (non-hydrogen) atoms. The minimum atomic E-state index is -0.815. The summed E-state index contributed by atoms with van der Waals surface area (Å²) in [5.41, 5.74) is 7.75. The highest BCUT2D eigenvalue weighted by molar-refractivity contribution is 6.47. The lowest BCUT2D eigenvalue weighted by Gasteiger charge is -2.39. The largest absolute Gasteiger partial charge is 0.429 e. The molecule has 1 aliphatic rings. The molecule has 1 radical (unpaired) electrons. The third-order valence-electron chi connectivity index (χ3n) is 7.13. The fourth-order valence-electron chi connectivity index (χ4n) is 3.79. The molecule has 0 aliphatic carbocycles. The molecule has 0 spiro atoms. The minimum Gasteiger partial charge on any atom is -0.429 e. The van der Waals surface area contributed by atoms with Crippen molar-refractivity contribution in [2.75, 3.05) is 5.01 Å². The van der Waals surface area contributed by atoms with Crippen molar-refractivity contribution in [2.24, 2.45) is 11.3 Å². The number of benzene rings is 2. The van der Waals surface area contributed by atoms with Gasteiger partial charge in [-0.2, -0.15) is 0 Å². The number of amides is 2. The third-order valence-corrected chi connectivity index (χ3v) is 7.13. The molecular formula is C30H36BN2O3. The van der Waals surface area contributed by atoms with Gasteiger partial charge in [-0.1, -0.05) is 88.0 Å². The molecule has 0 saturated carbocycles. The first-order valence-electron chi connectivity index (χ1n) is 12.2. The fraction of sp³-hybridized carbons (Fsp3) is 0.333. The van der Waals surface area contributed by atoms with E-state index in [1.54, 1.807) is 31.8 Å². The Morgan fingerprint density at radius 3 is 2.28 bits per heavy atom. The van der Waals surface area contributed by atoms with Crippen molar-refractivity contribution < 1.29 is 14.2 Å². The second kappa shape index (κ2) is 10.7. The van der Waals surface area contributed by atoms with Crippen LogP contribution in [0.1, 0.15) is 56.9 Å². The van der Waals surface area contributed by atoms with Crippen molar-refractivity contribution in [1.82, 2.24) is 5.43 Å². The number of hydrazine groups is 1. The fourth-order valence-corrected chi connectivity index (χ4v) is 3.79. The van der Waals surface area contributed by atoms with Gasteiger partial charge in [0.2, 0.25) is 0 Å². The van der Waals surface area contributed by atoms with Crippen LogP contribution in [0.25, 0.3) is 12.2 Å². The number of rotatable bonds is 9. The highest BCUT2D eigenvalue weighted by Gasteiger charge is 2.40. The third kappa shape index (κ3) is 5.71. The first kappa shape index (κ1) is 27.2. The molecule has 2 aromatic carbocycles. The minimum absolute atomic E-state index is 0.0314. The number of hydrogen-bond acceptors (Lipinski definition) is 3. The Morgan fingerprint density at radius 2 is 1.69 bits per heavy atom. The number of nitrogens with zero attached hydrogens (tertiary/aromatic N) is 1. The number of carbonyl (C=O) groups excluding carboxylic acids is 2. The van der Waals surface area contributed by atoms with Gasteiger partial charge >= 0.3 is 7.48 Å². The Morgan fingerprint density at radius 1 is 1.03 bits per heavy atom. The molecule has 1 heterocycles. The molecule has 6 heteroatoms. The van der Waals surface area contributed by atoms with Crippen LogP contribution in [0.15, 0.2) is 61.7 Å². The first-order chi connectivity index (χ1) is 16.9. The van der Waals surface area contributed by atoms with Crippen molar-refractivity contribution in [3.8, 4) is 0 Å². The van der Waals surface area contributed by atoms with E-state index in [1.807, 2.05) is 43.3 Å². The van der Waals surface area contributed by atoms with Crippen molar-refractivity contribution in [3.05, 3.63) is 84.0 Å². The Balaban J connectivity index is 1.76. The van der Waals surface area contributed by atoms with Crippen molar-refractivity contribution in [2.45, 2.75) is 53.6 Å². The standard InChI is InChI=1S/C30H36BN2O3/c1-9-11-12-25-20(3)13-14-21(24(25)10-2)19-26-27(34)32-33(28(26)35)23-17-15-22(16-18-23)31-36-30(7,8)29(4,5)6/h9-18,26H,1-2,19H2,3-8H3,(H,32,34)/b12-11-. The van der Waals surface area contributed by atoms with E-state index >= 15 is 0 Å². The number of carbonyl (C=O) groups is 2. The van der Waals surface area contributed by atoms with Gasteiger partial charge in [-0.05, 0) is 67.0 Å². The quantitative estimate of drug-likeness (QED) is 0.305. The molecule has 1 aliphatic heterocycles. The summed E-state index contributed by atoms with van der Waals surface area (Å²) in [4.78, 5) is 26.1. The van der Waals surface area contributed by atoms with E-state index in [-0.39, 0.29) is 22.8 Å². The molecule has 5 nitrogen and oxygen atoms in total. The van der Waals surface area contributed by atoms with Crippen molar-refractivity contribution in [1.29, 1.82) is 0 Å². The van der Waals surface area contributed by atoms with E-state index < -0.39 is 5.92 Å².